The first-order valence-electron chi connectivity index (χ1n) is 9.84. The maximum absolute atomic E-state index is 6.35. The summed E-state index contributed by atoms with van der Waals surface area (Å²) in [6.07, 6.45) is 8.97. The van der Waals surface area contributed by atoms with E-state index in [-0.39, 0.29) is 5.96 Å². The molecule has 1 saturated carbocycles. The minimum atomic E-state index is -0.485. The zero-order valence-corrected chi connectivity index (χ0v) is 16.2. The van der Waals surface area contributed by atoms with Gasteiger partial charge in [0.2, 0.25) is 11.9 Å². The average molecular weight is 381 g/mol. The van der Waals surface area contributed by atoms with E-state index >= 15 is 0 Å². The van der Waals surface area contributed by atoms with Gasteiger partial charge in [0.15, 0.2) is 0 Å². The van der Waals surface area contributed by atoms with Crippen LogP contribution in [-0.4, -0.2) is 27.4 Å². The van der Waals surface area contributed by atoms with Gasteiger partial charge in [0.25, 0.3) is 0 Å². The number of nitrogens with two attached hydrogens (primary N) is 2. The van der Waals surface area contributed by atoms with Gasteiger partial charge in [-0.2, -0.15) is 10.1 Å². The molecule has 2 aliphatic rings. The number of hydrogen-bond acceptors (Lipinski definition) is 7. The van der Waals surface area contributed by atoms with Gasteiger partial charge in [0.1, 0.15) is 18.0 Å². The first-order chi connectivity index (χ1) is 13.6. The van der Waals surface area contributed by atoms with Crippen molar-refractivity contribution >= 4 is 17.6 Å². The van der Waals surface area contributed by atoms with Crippen molar-refractivity contribution in [2.75, 3.05) is 4.90 Å². The van der Waals surface area contributed by atoms with E-state index in [9.17, 15) is 0 Å². The third kappa shape index (κ3) is 3.42. The van der Waals surface area contributed by atoms with Crippen LogP contribution in [0.3, 0.4) is 0 Å². The van der Waals surface area contributed by atoms with Crippen molar-refractivity contribution in [3.63, 3.8) is 0 Å². The molecule has 0 amide bonds. The van der Waals surface area contributed by atoms with Crippen LogP contribution < -0.4 is 21.1 Å². The second-order valence-corrected chi connectivity index (χ2v) is 7.28. The Hall–Kier alpha value is -3.03. The number of hydrogen-bond donors (Lipinski definition) is 2. The number of aliphatic imine (C=N–C) groups is 2. The molecule has 148 valence electrons. The van der Waals surface area contributed by atoms with Crippen LogP contribution in [-0.2, 0) is 13.2 Å². The fourth-order valence-electron chi connectivity index (χ4n) is 4.05. The Morgan fingerprint density at radius 3 is 2.68 bits per heavy atom. The number of rotatable bonds is 5. The van der Waals surface area contributed by atoms with E-state index in [1.54, 1.807) is 0 Å². The van der Waals surface area contributed by atoms with E-state index in [2.05, 4.69) is 17.0 Å². The lowest BCUT2D eigenvalue weighted by Gasteiger charge is -2.45. The number of benzene rings is 1. The van der Waals surface area contributed by atoms with Crippen molar-refractivity contribution < 1.29 is 4.74 Å². The minimum absolute atomic E-state index is 0.251. The summed E-state index contributed by atoms with van der Waals surface area (Å²) in [4.78, 5) is 11.0. The second-order valence-electron chi connectivity index (χ2n) is 7.28. The molecule has 2 heterocycles. The lowest BCUT2D eigenvalue weighted by atomic mass is 9.87. The standard InChI is InChI=1S/C20H27N7O/c1-2-26-13-15(12-23-26)14-28-17-9-5-4-8-16(17)27-19(22)24-18(21)25-20(27)10-6-3-7-11-20/h4-5,8-9,12-13H,2-3,6-7,10-11,14H2,1H3,(H4,21,22,24,25). The van der Waals surface area contributed by atoms with Crippen molar-refractivity contribution in [1.29, 1.82) is 0 Å². The van der Waals surface area contributed by atoms with Crippen LogP contribution in [0.2, 0.25) is 0 Å². The molecule has 0 radical (unpaired) electrons. The zero-order valence-electron chi connectivity index (χ0n) is 16.2. The van der Waals surface area contributed by atoms with Crippen LogP contribution in [0.5, 0.6) is 5.75 Å². The van der Waals surface area contributed by atoms with E-state index in [0.717, 1.165) is 49.2 Å². The van der Waals surface area contributed by atoms with Crippen molar-refractivity contribution in [2.24, 2.45) is 21.5 Å². The summed E-state index contributed by atoms with van der Waals surface area (Å²) in [6, 6.07) is 7.88. The molecular formula is C20H27N7O. The highest BCUT2D eigenvalue weighted by molar-refractivity contribution is 6.06. The van der Waals surface area contributed by atoms with Crippen molar-refractivity contribution in [3.05, 3.63) is 42.2 Å². The molecule has 0 atom stereocenters. The second kappa shape index (κ2) is 7.53. The number of guanidine groups is 2. The molecule has 28 heavy (non-hydrogen) atoms. The third-order valence-corrected chi connectivity index (χ3v) is 5.36. The summed E-state index contributed by atoms with van der Waals surface area (Å²) in [7, 11) is 0. The monoisotopic (exact) mass is 381 g/mol. The molecule has 1 spiro atoms. The molecule has 0 saturated heterocycles. The number of para-hydroxylation sites is 2. The predicted molar refractivity (Wildman–Crippen MR) is 110 cm³/mol. The van der Waals surface area contributed by atoms with Gasteiger partial charge in [0.05, 0.1) is 11.9 Å². The minimum Gasteiger partial charge on any atom is -0.487 e. The van der Waals surface area contributed by atoms with Gasteiger partial charge < -0.3 is 16.2 Å². The molecule has 4 N–H and O–H groups in total. The van der Waals surface area contributed by atoms with E-state index in [0.29, 0.717) is 12.6 Å². The smallest absolute Gasteiger partial charge is 0.220 e. The van der Waals surface area contributed by atoms with Gasteiger partial charge in [-0.05, 0) is 44.7 Å². The summed E-state index contributed by atoms with van der Waals surface area (Å²) in [5, 5.41) is 4.30. The maximum Gasteiger partial charge on any atom is 0.220 e. The highest BCUT2D eigenvalue weighted by Crippen LogP contribution is 2.42. The van der Waals surface area contributed by atoms with E-state index < -0.39 is 5.66 Å². The average Bonchev–Trinajstić information content (AvgIpc) is 3.15. The number of aryl methyl sites for hydroxylation is 1. The topological polar surface area (TPSA) is 107 Å². The number of nitrogens with zero attached hydrogens (tertiary/aromatic N) is 5. The summed E-state index contributed by atoms with van der Waals surface area (Å²) in [5.41, 5.74) is 13.7. The summed E-state index contributed by atoms with van der Waals surface area (Å²) in [5.74, 6) is 1.36. The van der Waals surface area contributed by atoms with Crippen molar-refractivity contribution in [1.82, 2.24) is 9.78 Å². The first kappa shape index (κ1) is 18.3. The van der Waals surface area contributed by atoms with Gasteiger partial charge in [0, 0.05) is 18.3 Å². The molecule has 4 rings (SSSR count). The molecule has 0 bridgehead atoms. The predicted octanol–water partition coefficient (Wildman–Crippen LogP) is 2.59. The zero-order chi connectivity index (χ0) is 19.6. The fourth-order valence-corrected chi connectivity index (χ4v) is 4.05. The van der Waals surface area contributed by atoms with Crippen LogP contribution in [0, 0.1) is 0 Å². The molecule has 1 fully saturated rings. The van der Waals surface area contributed by atoms with E-state index in [1.807, 2.05) is 46.2 Å². The lowest BCUT2D eigenvalue weighted by Crippen LogP contribution is -2.58. The lowest BCUT2D eigenvalue weighted by molar-refractivity contribution is 0.289. The summed E-state index contributed by atoms with van der Waals surface area (Å²) >= 11 is 0. The molecule has 1 aliphatic carbocycles. The molecule has 2 aromatic rings. The molecule has 8 nitrogen and oxygen atoms in total. The first-order valence-corrected chi connectivity index (χ1v) is 9.84. The Kier molecular flexibility index (Phi) is 4.93. The van der Waals surface area contributed by atoms with Crippen LogP contribution in [0.25, 0.3) is 0 Å². The Morgan fingerprint density at radius 1 is 1.14 bits per heavy atom. The van der Waals surface area contributed by atoms with Crippen LogP contribution in [0.1, 0.15) is 44.6 Å². The van der Waals surface area contributed by atoms with Gasteiger partial charge in [-0.1, -0.05) is 18.6 Å². The summed E-state index contributed by atoms with van der Waals surface area (Å²) in [6.45, 7) is 3.32. The third-order valence-electron chi connectivity index (χ3n) is 5.36. The highest BCUT2D eigenvalue weighted by atomic mass is 16.5. The molecule has 0 unspecified atom stereocenters. The molecule has 1 aromatic heterocycles. The van der Waals surface area contributed by atoms with Crippen LogP contribution in [0.4, 0.5) is 5.69 Å². The number of aromatic nitrogens is 2. The maximum atomic E-state index is 6.35. The highest BCUT2D eigenvalue weighted by Gasteiger charge is 2.43. The Morgan fingerprint density at radius 2 is 1.93 bits per heavy atom. The molecule has 8 heteroatoms. The Balaban J connectivity index is 1.65. The van der Waals surface area contributed by atoms with E-state index in [1.165, 1.54) is 6.42 Å². The van der Waals surface area contributed by atoms with Crippen LogP contribution in [0.15, 0.2) is 46.6 Å². The quantitative estimate of drug-likeness (QED) is 0.828. The normalized spacial score (nSPS) is 18.7. The van der Waals surface area contributed by atoms with Crippen molar-refractivity contribution in [3.8, 4) is 5.75 Å². The van der Waals surface area contributed by atoms with Gasteiger partial charge in [-0.3, -0.25) is 9.58 Å². The fraction of sp³-hybridized carbons (Fsp3) is 0.450. The number of anilines is 1. The molecular weight excluding hydrogens is 354 g/mol. The van der Waals surface area contributed by atoms with Crippen LogP contribution >= 0.6 is 0 Å². The van der Waals surface area contributed by atoms with Gasteiger partial charge in [-0.25, -0.2) is 4.99 Å². The summed E-state index contributed by atoms with van der Waals surface area (Å²) < 4.78 is 8.04. The largest absolute Gasteiger partial charge is 0.487 e. The number of ether oxygens (including phenoxy) is 1. The Labute approximate surface area is 164 Å². The SMILES string of the molecule is CCn1cc(COc2ccccc2N2C(N)=NC(N)=NC23CCCCC3)cn1. The molecule has 1 aliphatic heterocycles. The van der Waals surface area contributed by atoms with E-state index in [4.69, 9.17) is 21.2 Å². The van der Waals surface area contributed by atoms with Gasteiger partial charge in [-0.15, -0.1) is 0 Å². The van der Waals surface area contributed by atoms with Crippen molar-refractivity contribution in [2.45, 2.75) is 57.8 Å². The Bertz CT molecular complexity index is 895. The molecule has 1 aromatic carbocycles. The van der Waals surface area contributed by atoms with Gasteiger partial charge >= 0.3 is 0 Å².